The number of hydrogen-bond donors (Lipinski definition) is 0. The van der Waals surface area contributed by atoms with Crippen LogP contribution in [0.4, 0.5) is 13.2 Å². The Morgan fingerprint density at radius 1 is 1.24 bits per heavy atom. The molecule has 0 saturated carbocycles. The lowest BCUT2D eigenvalue weighted by Gasteiger charge is -2.39. The average Bonchev–Trinajstić information content (AvgIpc) is 2.82. The Kier molecular flexibility index (Phi) is 5.47. The van der Waals surface area contributed by atoms with Crippen molar-refractivity contribution in [2.24, 2.45) is 0 Å². The van der Waals surface area contributed by atoms with E-state index < -0.39 is 20.6 Å². The molecule has 0 radical (unpaired) electrons. The fourth-order valence-electron chi connectivity index (χ4n) is 2.21. The molecular weight excluding hydrogens is 431 g/mol. The molecule has 0 aliphatic carbocycles. The predicted octanol–water partition coefficient (Wildman–Crippen LogP) is 7.16. The van der Waals surface area contributed by atoms with Gasteiger partial charge in [-0.3, -0.25) is 0 Å². The number of benzene rings is 1. The summed E-state index contributed by atoms with van der Waals surface area (Å²) in [6.07, 6.45) is -6.71. The van der Waals surface area contributed by atoms with E-state index in [0.717, 1.165) is 11.3 Å². The maximum atomic E-state index is 13.9. The highest BCUT2D eigenvalue weighted by atomic mass is 79.9. The number of hydrogen-bond acceptors (Lipinski definition) is 3. The van der Waals surface area contributed by atoms with Crippen LogP contribution in [0.1, 0.15) is 37.3 Å². The number of thiophene rings is 1. The molecule has 136 valence electrons. The zero-order valence-electron chi connectivity index (χ0n) is 14.6. The van der Waals surface area contributed by atoms with E-state index in [4.69, 9.17) is 4.43 Å². The molecule has 1 unspecified atom stereocenters. The van der Waals surface area contributed by atoms with Gasteiger partial charge in [-0.2, -0.15) is 18.4 Å². The first-order valence-corrected chi connectivity index (χ1v) is 12.2. The molecule has 0 aliphatic rings. The molecule has 1 heterocycles. The van der Waals surface area contributed by atoms with Gasteiger partial charge in [-0.15, -0.1) is 11.3 Å². The maximum absolute atomic E-state index is 13.9. The summed E-state index contributed by atoms with van der Waals surface area (Å²) in [6, 6.07) is 6.96. The van der Waals surface area contributed by atoms with Gasteiger partial charge in [-0.25, -0.2) is 0 Å². The third kappa shape index (κ3) is 3.95. The summed E-state index contributed by atoms with van der Waals surface area (Å²) >= 11 is 4.41. The van der Waals surface area contributed by atoms with Crippen LogP contribution < -0.4 is 0 Å². The van der Waals surface area contributed by atoms with Crippen LogP contribution in [0.2, 0.25) is 18.1 Å². The lowest BCUT2D eigenvalue weighted by atomic mass is 10.1. The van der Waals surface area contributed by atoms with E-state index in [-0.39, 0.29) is 15.5 Å². The Morgan fingerprint density at radius 2 is 1.84 bits per heavy atom. The van der Waals surface area contributed by atoms with Gasteiger partial charge in [0.25, 0.3) is 0 Å². The van der Waals surface area contributed by atoms with Gasteiger partial charge < -0.3 is 4.43 Å². The first-order valence-electron chi connectivity index (χ1n) is 7.65. The monoisotopic (exact) mass is 449 g/mol. The standard InChI is InChI=1S/C17H19BrF3NOSSi/c1-16(2,3)25(4,5)23-15(17(19,20)21)13-10-7-6-8-11(18)14(10)24-12(13)9-22/h6-8,15H,1-5H3. The van der Waals surface area contributed by atoms with Crippen molar-refractivity contribution >= 4 is 45.7 Å². The molecule has 0 aliphatic heterocycles. The summed E-state index contributed by atoms with van der Waals surface area (Å²) in [5, 5.41) is 9.45. The van der Waals surface area contributed by atoms with Gasteiger partial charge in [0, 0.05) is 15.4 Å². The zero-order chi connectivity index (χ0) is 19.2. The Hall–Kier alpha value is -0.883. The van der Waals surface area contributed by atoms with Crippen molar-refractivity contribution < 1.29 is 17.6 Å². The molecule has 2 rings (SSSR count). The van der Waals surface area contributed by atoms with E-state index in [1.54, 1.807) is 31.3 Å². The van der Waals surface area contributed by atoms with E-state index in [9.17, 15) is 18.4 Å². The van der Waals surface area contributed by atoms with Crippen LogP contribution >= 0.6 is 27.3 Å². The number of halogens is 4. The van der Waals surface area contributed by atoms with Gasteiger partial charge in [0.1, 0.15) is 10.9 Å². The largest absolute Gasteiger partial charge is 0.417 e. The Labute approximate surface area is 158 Å². The number of rotatable bonds is 3. The molecule has 0 amide bonds. The van der Waals surface area contributed by atoms with Crippen molar-refractivity contribution in [1.82, 2.24) is 0 Å². The molecule has 0 N–H and O–H groups in total. The highest BCUT2D eigenvalue weighted by Gasteiger charge is 2.50. The van der Waals surface area contributed by atoms with Crippen molar-refractivity contribution in [3.05, 3.63) is 33.1 Å². The van der Waals surface area contributed by atoms with E-state index in [1.165, 1.54) is 0 Å². The fraction of sp³-hybridized carbons (Fsp3) is 0.471. The minimum absolute atomic E-state index is 0.0444. The SMILES string of the molecule is CC(C)(C)[Si](C)(C)OC(c1c(C#N)sc2c(Br)cccc12)C(F)(F)F. The van der Waals surface area contributed by atoms with Gasteiger partial charge in [0.05, 0.1) is 4.70 Å². The quantitative estimate of drug-likeness (QED) is 0.465. The van der Waals surface area contributed by atoms with Crippen molar-refractivity contribution in [3.63, 3.8) is 0 Å². The summed E-state index contributed by atoms with van der Waals surface area (Å²) in [6.45, 7) is 9.23. The molecule has 0 saturated heterocycles. The minimum atomic E-state index is -4.60. The number of nitrogens with zero attached hydrogens (tertiary/aromatic N) is 1. The molecule has 2 aromatic rings. The van der Waals surface area contributed by atoms with E-state index in [0.29, 0.717) is 14.6 Å². The Bertz CT molecular complexity index is 833. The molecule has 25 heavy (non-hydrogen) atoms. The van der Waals surface area contributed by atoms with Crippen LogP contribution in [0.3, 0.4) is 0 Å². The van der Waals surface area contributed by atoms with Crippen LogP contribution in [-0.4, -0.2) is 14.5 Å². The van der Waals surface area contributed by atoms with E-state index in [2.05, 4.69) is 15.9 Å². The normalized spacial score (nSPS) is 14.6. The van der Waals surface area contributed by atoms with Crippen LogP contribution in [-0.2, 0) is 4.43 Å². The van der Waals surface area contributed by atoms with Crippen LogP contribution in [0, 0.1) is 11.3 Å². The van der Waals surface area contributed by atoms with Crippen LogP contribution in [0.15, 0.2) is 22.7 Å². The smallest absolute Gasteiger partial charge is 0.402 e. The molecule has 1 aromatic heterocycles. The molecule has 0 fully saturated rings. The summed E-state index contributed by atoms with van der Waals surface area (Å²) in [7, 11) is -2.71. The third-order valence-corrected chi connectivity index (χ3v) is 11.1. The second kappa shape index (κ2) is 6.69. The van der Waals surface area contributed by atoms with Crippen molar-refractivity contribution in [1.29, 1.82) is 5.26 Å². The summed E-state index contributed by atoms with van der Waals surface area (Å²) in [5.41, 5.74) is -0.0684. The second-order valence-electron chi connectivity index (χ2n) is 7.37. The highest BCUT2D eigenvalue weighted by molar-refractivity contribution is 9.10. The molecule has 2 nitrogen and oxygen atoms in total. The fourth-order valence-corrected chi connectivity index (χ4v) is 5.04. The van der Waals surface area contributed by atoms with Gasteiger partial charge in [-0.1, -0.05) is 32.9 Å². The maximum Gasteiger partial charge on any atom is 0.417 e. The summed E-state index contributed by atoms with van der Waals surface area (Å²) < 4.78 is 48.8. The average molecular weight is 450 g/mol. The van der Waals surface area contributed by atoms with Crippen LogP contribution in [0.5, 0.6) is 0 Å². The first-order chi connectivity index (χ1) is 11.3. The Morgan fingerprint density at radius 3 is 2.32 bits per heavy atom. The zero-order valence-corrected chi connectivity index (χ0v) is 18.0. The lowest BCUT2D eigenvalue weighted by Crippen LogP contribution is -2.44. The lowest BCUT2D eigenvalue weighted by molar-refractivity contribution is -0.201. The van der Waals surface area contributed by atoms with E-state index >= 15 is 0 Å². The minimum Gasteiger partial charge on any atom is -0.402 e. The van der Waals surface area contributed by atoms with Crippen molar-refractivity contribution in [2.45, 2.75) is 51.2 Å². The van der Waals surface area contributed by atoms with Crippen molar-refractivity contribution in [2.75, 3.05) is 0 Å². The number of alkyl halides is 3. The summed E-state index contributed by atoms with van der Waals surface area (Å²) in [5.74, 6) is 0. The number of nitriles is 1. The van der Waals surface area contributed by atoms with Gasteiger partial charge in [-0.05, 0) is 40.1 Å². The van der Waals surface area contributed by atoms with Gasteiger partial charge >= 0.3 is 6.18 Å². The van der Waals surface area contributed by atoms with Crippen molar-refractivity contribution in [3.8, 4) is 6.07 Å². The predicted molar refractivity (Wildman–Crippen MR) is 101 cm³/mol. The molecule has 1 atom stereocenters. The number of fused-ring (bicyclic) bond motifs is 1. The first kappa shape index (κ1) is 20.4. The Balaban J connectivity index is 2.71. The highest BCUT2D eigenvalue weighted by Crippen LogP contribution is 2.49. The summed E-state index contributed by atoms with van der Waals surface area (Å²) in [4.78, 5) is 0.0444. The van der Waals surface area contributed by atoms with Gasteiger partial charge in [0.2, 0.25) is 0 Å². The van der Waals surface area contributed by atoms with E-state index in [1.807, 2.05) is 26.8 Å². The molecular formula is C17H19BrF3NOSSi. The molecule has 0 bridgehead atoms. The molecule has 8 heteroatoms. The van der Waals surface area contributed by atoms with Gasteiger partial charge in [0.15, 0.2) is 14.4 Å². The third-order valence-electron chi connectivity index (χ3n) is 4.59. The topological polar surface area (TPSA) is 33.0 Å². The molecule has 0 spiro atoms. The molecule has 1 aromatic carbocycles. The second-order valence-corrected chi connectivity index (χ2v) is 14.0. The van der Waals surface area contributed by atoms with Crippen LogP contribution in [0.25, 0.3) is 10.1 Å².